The van der Waals surface area contributed by atoms with Crippen LogP contribution >= 0.6 is 24.1 Å². The molecule has 0 radical (unpaired) electrons. The fraction of sp³-hybridized carbons (Fsp3) is 0.343. The predicted molar refractivity (Wildman–Crippen MR) is 343 cm³/mol. The Hall–Kier alpha value is -7.58. The molecule has 2 N–H and O–H groups in total. The van der Waals surface area contributed by atoms with Crippen molar-refractivity contribution in [2.45, 2.75) is 127 Å². The number of unbranched alkanes of at least 4 members (excludes halogenated alkanes) is 9. The fourth-order valence-corrected chi connectivity index (χ4v) is 10.9. The van der Waals surface area contributed by atoms with E-state index in [9.17, 15) is 18.4 Å². The first-order valence-electron chi connectivity index (χ1n) is 30.2. The summed E-state index contributed by atoms with van der Waals surface area (Å²) < 4.78 is 66.4. The van der Waals surface area contributed by atoms with Crippen molar-refractivity contribution in [3.8, 4) is 56.9 Å². The van der Waals surface area contributed by atoms with E-state index in [1.54, 1.807) is 24.3 Å². The molecule has 14 nitrogen and oxygen atoms in total. The van der Waals surface area contributed by atoms with Crippen molar-refractivity contribution in [3.05, 3.63) is 192 Å². The van der Waals surface area contributed by atoms with Gasteiger partial charge in [-0.05, 0) is 197 Å². The first-order valence-corrected chi connectivity index (χ1v) is 31.7. The van der Waals surface area contributed by atoms with Gasteiger partial charge in [-0.25, -0.2) is 18.6 Å². The van der Waals surface area contributed by atoms with Crippen LogP contribution in [0.5, 0.6) is 23.0 Å². The third-order valence-electron chi connectivity index (χ3n) is 14.9. The number of carbonyl (C=O) groups excluding carboxylic acids is 2. The van der Waals surface area contributed by atoms with Gasteiger partial charge in [0.05, 0.1) is 62.9 Å². The average Bonchev–Trinajstić information content (AvgIpc) is 2.37. The highest BCUT2D eigenvalue weighted by atomic mass is 32.2. The van der Waals surface area contributed by atoms with Crippen LogP contribution in [0.2, 0.25) is 0 Å². The predicted octanol–water partition coefficient (Wildman–Crippen LogP) is 17.0. The van der Waals surface area contributed by atoms with Gasteiger partial charge in [0.2, 0.25) is 11.8 Å². The van der Waals surface area contributed by atoms with E-state index in [1.807, 2.05) is 111 Å². The molecule has 0 atom stereocenters. The van der Waals surface area contributed by atoms with Gasteiger partial charge in [0, 0.05) is 69.6 Å². The molecule has 0 unspecified atom stereocenters. The second-order valence-electron chi connectivity index (χ2n) is 21.2. The average molecular weight is 1240 g/mol. The molecule has 0 aliphatic rings. The standard InChI is InChI=1S/C70H80F2N4O10S2/c1-51-55(47-67(75(51)59-27-23-57(71)24-28-59)53-19-39-65(40-20-53)87-85-79-3)49-83-63-35-31-61(32-36-63)81-45-15-13-43-73-69(77)17-11-9-7-5-6-8-10-12-18-70(78)74-44-14-16-46-82-62-33-37-64(38-34-62)84-50-56-48-68(54-21-41-66(42-22-54)88-86-80-4)76(52(56)2)60-29-25-58(72)26-30-60/h19-42,47-48H,5-18,43-46,49-50H2,1-4H3,(H,73,77)(H,74,78). The van der Waals surface area contributed by atoms with Crippen molar-refractivity contribution in [2.24, 2.45) is 0 Å². The van der Waals surface area contributed by atoms with E-state index >= 15 is 0 Å². The molecular formula is C70H80F2N4O10S2. The smallest absolute Gasteiger partial charge is 0.219 e. The third kappa shape index (κ3) is 21.1. The van der Waals surface area contributed by atoms with E-state index in [0.29, 0.717) is 63.9 Å². The molecule has 0 spiro atoms. The number of aromatic nitrogens is 2. The first-order chi connectivity index (χ1) is 43.0. The molecule has 0 aliphatic carbocycles. The molecule has 0 aliphatic heterocycles. The Kier molecular flexibility index (Phi) is 27.2. The molecule has 0 saturated heterocycles. The van der Waals surface area contributed by atoms with Crippen LogP contribution in [-0.2, 0) is 41.2 Å². The number of hydrogen-bond donors (Lipinski definition) is 2. The van der Waals surface area contributed by atoms with Gasteiger partial charge in [-0.1, -0.05) is 62.8 Å². The van der Waals surface area contributed by atoms with Crippen LogP contribution in [0.3, 0.4) is 0 Å². The minimum Gasteiger partial charge on any atom is -0.494 e. The second-order valence-corrected chi connectivity index (χ2v) is 22.8. The summed E-state index contributed by atoms with van der Waals surface area (Å²) in [6.45, 7) is 7.11. The van der Waals surface area contributed by atoms with Gasteiger partial charge in [-0.3, -0.25) is 9.59 Å². The van der Waals surface area contributed by atoms with Crippen molar-refractivity contribution < 1.29 is 55.8 Å². The Bertz CT molecular complexity index is 3140. The Morgan fingerprint density at radius 3 is 1.11 bits per heavy atom. The van der Waals surface area contributed by atoms with Gasteiger partial charge in [0.15, 0.2) is 0 Å². The molecular weight excluding hydrogens is 1160 g/mol. The van der Waals surface area contributed by atoms with Crippen LogP contribution in [0.4, 0.5) is 8.78 Å². The number of rotatable bonds is 39. The van der Waals surface area contributed by atoms with E-state index in [2.05, 4.69) is 31.9 Å². The second kappa shape index (κ2) is 36.0. The summed E-state index contributed by atoms with van der Waals surface area (Å²) in [6, 6.07) is 48.2. The number of hydrogen-bond acceptors (Lipinski definition) is 12. The number of carbonyl (C=O) groups is 2. The monoisotopic (exact) mass is 1240 g/mol. The normalized spacial score (nSPS) is 11.2. The van der Waals surface area contributed by atoms with Crippen LogP contribution in [0.15, 0.2) is 168 Å². The number of nitrogens with zero attached hydrogens (tertiary/aromatic N) is 2. The van der Waals surface area contributed by atoms with Crippen molar-refractivity contribution in [2.75, 3.05) is 40.5 Å². The molecule has 8 rings (SSSR count). The third-order valence-corrected chi connectivity index (χ3v) is 16.2. The lowest BCUT2D eigenvalue weighted by Crippen LogP contribution is -2.24. The zero-order valence-corrected chi connectivity index (χ0v) is 52.3. The van der Waals surface area contributed by atoms with Crippen LogP contribution < -0.4 is 29.6 Å². The van der Waals surface area contributed by atoms with Crippen molar-refractivity contribution in [1.29, 1.82) is 0 Å². The molecule has 6 aromatic carbocycles. The largest absolute Gasteiger partial charge is 0.494 e. The van der Waals surface area contributed by atoms with Crippen molar-refractivity contribution in [3.63, 3.8) is 0 Å². The highest BCUT2D eigenvalue weighted by Gasteiger charge is 2.19. The minimum atomic E-state index is -0.293. The molecule has 2 heterocycles. The lowest BCUT2D eigenvalue weighted by atomic mass is 10.1. The maximum absolute atomic E-state index is 13.9. The van der Waals surface area contributed by atoms with Crippen LogP contribution in [0, 0.1) is 25.5 Å². The number of ether oxygens (including phenoxy) is 4. The van der Waals surface area contributed by atoms with Crippen LogP contribution in [0.1, 0.15) is 112 Å². The lowest BCUT2D eigenvalue weighted by Gasteiger charge is -2.13. The molecule has 2 aromatic heterocycles. The molecule has 8 aromatic rings. The zero-order valence-electron chi connectivity index (χ0n) is 50.7. The summed E-state index contributed by atoms with van der Waals surface area (Å²) in [4.78, 5) is 36.1. The van der Waals surface area contributed by atoms with Crippen LogP contribution in [0.25, 0.3) is 33.9 Å². The SMILES string of the molecule is COOSc1ccc(-c2cc(COc3ccc(OCCCCNC(=O)CCCCCCCCCCC(=O)NCCCCOc4ccc(OCc5cc(-c6ccc(SOOC)cc6)n(-c6ccc(F)cc6)c5C)cc4)cc3)c(C)n2-c2ccc(F)cc2)cc1. The lowest BCUT2D eigenvalue weighted by molar-refractivity contribution is -0.160. The summed E-state index contributed by atoms with van der Waals surface area (Å²) in [5, 5.41) is 6.10. The summed E-state index contributed by atoms with van der Waals surface area (Å²) in [7, 11) is 2.93. The van der Waals surface area contributed by atoms with E-state index in [1.165, 1.54) is 38.5 Å². The highest BCUT2D eigenvalue weighted by molar-refractivity contribution is 7.94. The number of nitrogens with one attached hydrogen (secondary N) is 2. The maximum Gasteiger partial charge on any atom is 0.219 e. The Morgan fingerprint density at radius 1 is 0.420 bits per heavy atom. The van der Waals surface area contributed by atoms with E-state index < -0.39 is 0 Å². The fourth-order valence-electron chi connectivity index (χ4n) is 10.1. The summed E-state index contributed by atoms with van der Waals surface area (Å²) in [5.41, 5.74) is 9.56. The first kappa shape index (κ1) is 66.4. The Balaban J connectivity index is 0.603. The van der Waals surface area contributed by atoms with E-state index in [4.69, 9.17) is 37.4 Å². The molecule has 18 heteroatoms. The summed E-state index contributed by atoms with van der Waals surface area (Å²) in [5.74, 6) is 2.55. The van der Waals surface area contributed by atoms with Gasteiger partial charge in [-0.2, -0.15) is 8.67 Å². The van der Waals surface area contributed by atoms with Gasteiger partial charge < -0.3 is 38.7 Å². The summed E-state index contributed by atoms with van der Waals surface area (Å²) >= 11 is 2.26. The molecule has 2 amide bonds. The minimum absolute atomic E-state index is 0.0997. The van der Waals surface area contributed by atoms with Crippen LogP contribution in [-0.4, -0.2) is 61.5 Å². The Morgan fingerprint density at radius 2 is 0.761 bits per heavy atom. The molecule has 0 fully saturated rings. The topological polar surface area (TPSA) is 142 Å². The van der Waals surface area contributed by atoms with Gasteiger partial charge in [-0.15, -0.1) is 0 Å². The van der Waals surface area contributed by atoms with E-state index in [-0.39, 0.29) is 23.4 Å². The molecule has 466 valence electrons. The zero-order chi connectivity index (χ0) is 61.7. The number of amides is 2. The van der Waals surface area contributed by atoms with E-state index in [0.717, 1.165) is 179 Å². The molecule has 88 heavy (non-hydrogen) atoms. The highest BCUT2D eigenvalue weighted by Crippen LogP contribution is 2.35. The Labute approximate surface area is 524 Å². The quantitative estimate of drug-likeness (QED) is 0.0164. The number of halogens is 2. The molecule has 0 bridgehead atoms. The van der Waals surface area contributed by atoms with Crippen molar-refractivity contribution in [1.82, 2.24) is 19.8 Å². The summed E-state index contributed by atoms with van der Waals surface area (Å²) in [6.07, 6.45) is 12.8. The van der Waals surface area contributed by atoms with Gasteiger partial charge in [0.25, 0.3) is 0 Å². The number of benzene rings is 6. The maximum atomic E-state index is 13.9. The van der Waals surface area contributed by atoms with Crippen molar-refractivity contribution >= 4 is 35.9 Å². The van der Waals surface area contributed by atoms with Gasteiger partial charge >= 0.3 is 0 Å². The van der Waals surface area contributed by atoms with Gasteiger partial charge in [0.1, 0.15) is 47.8 Å². The molecule has 0 saturated carbocycles.